The van der Waals surface area contributed by atoms with E-state index in [-0.39, 0.29) is 16.1 Å². The monoisotopic (exact) mass is 409 g/mol. The molecule has 2 amide bonds. The highest BCUT2D eigenvalue weighted by Gasteiger charge is 2.19. The molecule has 29 heavy (non-hydrogen) atoms. The van der Waals surface area contributed by atoms with Gasteiger partial charge in [-0.1, -0.05) is 35.9 Å². The summed E-state index contributed by atoms with van der Waals surface area (Å²) in [6, 6.07) is 15.9. The predicted molar refractivity (Wildman–Crippen MR) is 106 cm³/mol. The molecular formula is C21H13ClFN3O3. The number of para-hydroxylation sites is 1. The van der Waals surface area contributed by atoms with E-state index in [4.69, 9.17) is 16.0 Å². The SMILES string of the molecule is O=C(NNC(=O)c1cc(-c2ccco2)nc2ccccc12)c1c(F)cccc1Cl. The molecule has 0 aliphatic rings. The number of carbonyl (C=O) groups is 2. The third-order valence-electron chi connectivity index (χ3n) is 4.21. The van der Waals surface area contributed by atoms with Crippen molar-refractivity contribution in [2.45, 2.75) is 0 Å². The minimum Gasteiger partial charge on any atom is -0.463 e. The van der Waals surface area contributed by atoms with Gasteiger partial charge in [0.25, 0.3) is 11.8 Å². The molecule has 2 aromatic carbocycles. The standard InChI is InChI=1S/C21H13ClFN3O3/c22-14-6-3-7-15(23)19(14)21(28)26-25-20(27)13-11-17(18-9-4-10-29-18)24-16-8-2-1-5-12(13)16/h1-11H,(H,25,27)(H,26,28). The molecule has 0 saturated heterocycles. The van der Waals surface area contributed by atoms with Crippen LogP contribution in [-0.4, -0.2) is 16.8 Å². The van der Waals surface area contributed by atoms with Gasteiger partial charge in [0.15, 0.2) is 5.76 Å². The Labute approximate surface area is 169 Å². The lowest BCUT2D eigenvalue weighted by molar-refractivity contribution is 0.0845. The molecule has 6 nitrogen and oxygen atoms in total. The number of aromatic nitrogens is 1. The molecule has 0 bridgehead atoms. The van der Waals surface area contributed by atoms with E-state index in [0.717, 1.165) is 6.07 Å². The maximum absolute atomic E-state index is 13.9. The highest BCUT2D eigenvalue weighted by molar-refractivity contribution is 6.33. The average Bonchev–Trinajstić information content (AvgIpc) is 3.26. The Balaban J connectivity index is 1.64. The number of benzene rings is 2. The van der Waals surface area contributed by atoms with E-state index in [0.29, 0.717) is 22.4 Å². The quantitative estimate of drug-likeness (QED) is 0.492. The first-order valence-corrected chi connectivity index (χ1v) is 8.91. The molecule has 0 aliphatic heterocycles. The van der Waals surface area contributed by atoms with Gasteiger partial charge in [-0.25, -0.2) is 9.37 Å². The first kappa shape index (κ1) is 18.6. The van der Waals surface area contributed by atoms with Crippen molar-refractivity contribution in [1.82, 2.24) is 15.8 Å². The van der Waals surface area contributed by atoms with E-state index in [2.05, 4.69) is 15.8 Å². The molecule has 0 spiro atoms. The van der Waals surface area contributed by atoms with Gasteiger partial charge >= 0.3 is 0 Å². The maximum atomic E-state index is 13.9. The van der Waals surface area contributed by atoms with Gasteiger partial charge in [-0.15, -0.1) is 0 Å². The van der Waals surface area contributed by atoms with Crippen molar-refractivity contribution in [3.8, 4) is 11.5 Å². The molecule has 0 aliphatic carbocycles. The van der Waals surface area contributed by atoms with Gasteiger partial charge in [0, 0.05) is 5.39 Å². The van der Waals surface area contributed by atoms with Crippen LogP contribution in [0.3, 0.4) is 0 Å². The summed E-state index contributed by atoms with van der Waals surface area (Å²) in [7, 11) is 0. The van der Waals surface area contributed by atoms with Crippen molar-refractivity contribution in [3.63, 3.8) is 0 Å². The maximum Gasteiger partial charge on any atom is 0.274 e. The Kier molecular flexibility index (Phi) is 4.97. The van der Waals surface area contributed by atoms with Gasteiger partial charge in [-0.2, -0.15) is 0 Å². The second-order valence-corrected chi connectivity index (χ2v) is 6.46. The molecule has 0 radical (unpaired) electrons. The van der Waals surface area contributed by atoms with Crippen LogP contribution < -0.4 is 10.9 Å². The summed E-state index contributed by atoms with van der Waals surface area (Å²) in [6.07, 6.45) is 1.50. The molecule has 0 unspecified atom stereocenters. The van der Waals surface area contributed by atoms with Crippen molar-refractivity contribution in [3.05, 3.63) is 88.9 Å². The van der Waals surface area contributed by atoms with Crippen molar-refractivity contribution < 1.29 is 18.4 Å². The number of rotatable bonds is 3. The van der Waals surface area contributed by atoms with Crippen molar-refractivity contribution in [2.24, 2.45) is 0 Å². The van der Waals surface area contributed by atoms with Crippen LogP contribution in [0.5, 0.6) is 0 Å². The number of carbonyl (C=O) groups excluding carboxylic acids is 2. The van der Waals surface area contributed by atoms with E-state index in [1.807, 2.05) is 0 Å². The smallest absolute Gasteiger partial charge is 0.274 e. The van der Waals surface area contributed by atoms with Crippen LogP contribution in [0.2, 0.25) is 5.02 Å². The summed E-state index contributed by atoms with van der Waals surface area (Å²) in [5.74, 6) is -1.77. The Morgan fingerprint density at radius 1 is 0.966 bits per heavy atom. The lowest BCUT2D eigenvalue weighted by atomic mass is 10.1. The van der Waals surface area contributed by atoms with E-state index in [1.165, 1.54) is 18.4 Å². The number of halogens is 2. The third kappa shape index (κ3) is 3.68. The highest BCUT2D eigenvalue weighted by Crippen LogP contribution is 2.25. The van der Waals surface area contributed by atoms with Crippen LogP contribution >= 0.6 is 11.6 Å². The summed E-state index contributed by atoms with van der Waals surface area (Å²) in [6.45, 7) is 0. The Morgan fingerprint density at radius 2 is 1.76 bits per heavy atom. The molecule has 4 rings (SSSR count). The summed E-state index contributed by atoms with van der Waals surface area (Å²) in [5.41, 5.74) is 5.43. The number of pyridine rings is 1. The van der Waals surface area contributed by atoms with Gasteiger partial charge in [0.1, 0.15) is 11.5 Å². The Morgan fingerprint density at radius 3 is 2.52 bits per heavy atom. The Hall–Kier alpha value is -3.71. The van der Waals surface area contributed by atoms with Gasteiger partial charge < -0.3 is 4.42 Å². The number of fused-ring (bicyclic) bond motifs is 1. The van der Waals surface area contributed by atoms with Gasteiger partial charge in [-0.05, 0) is 36.4 Å². The van der Waals surface area contributed by atoms with Gasteiger partial charge in [0.05, 0.1) is 27.9 Å². The second kappa shape index (κ2) is 7.73. The lowest BCUT2D eigenvalue weighted by Gasteiger charge is -2.11. The molecule has 0 saturated carbocycles. The molecule has 144 valence electrons. The fraction of sp³-hybridized carbons (Fsp3) is 0. The summed E-state index contributed by atoms with van der Waals surface area (Å²) >= 11 is 5.88. The molecule has 4 aromatic rings. The summed E-state index contributed by atoms with van der Waals surface area (Å²) in [5, 5.41) is 0.518. The van der Waals surface area contributed by atoms with Crippen LogP contribution in [-0.2, 0) is 0 Å². The molecule has 2 N–H and O–H groups in total. The number of hydrogen-bond acceptors (Lipinski definition) is 4. The van der Waals surface area contributed by atoms with Crippen LogP contribution in [0.25, 0.3) is 22.4 Å². The number of hydrazine groups is 1. The Bertz CT molecular complexity index is 1210. The molecule has 0 atom stereocenters. The zero-order valence-corrected chi connectivity index (χ0v) is 15.5. The van der Waals surface area contributed by atoms with Crippen LogP contribution in [0, 0.1) is 5.82 Å². The van der Waals surface area contributed by atoms with Crippen molar-refractivity contribution >= 4 is 34.3 Å². The van der Waals surface area contributed by atoms with Crippen LogP contribution in [0.4, 0.5) is 4.39 Å². The minimum absolute atomic E-state index is 0.0637. The van der Waals surface area contributed by atoms with Gasteiger partial charge in [0.2, 0.25) is 0 Å². The number of nitrogens with zero attached hydrogens (tertiary/aromatic N) is 1. The van der Waals surface area contributed by atoms with E-state index in [1.54, 1.807) is 42.5 Å². The number of nitrogens with one attached hydrogen (secondary N) is 2. The summed E-state index contributed by atoms with van der Waals surface area (Å²) in [4.78, 5) is 29.5. The first-order valence-electron chi connectivity index (χ1n) is 8.53. The van der Waals surface area contributed by atoms with Crippen LogP contribution in [0.15, 0.2) is 71.3 Å². The summed E-state index contributed by atoms with van der Waals surface area (Å²) < 4.78 is 19.3. The van der Waals surface area contributed by atoms with Gasteiger partial charge in [-0.3, -0.25) is 20.4 Å². The molecule has 8 heteroatoms. The average molecular weight is 410 g/mol. The van der Waals surface area contributed by atoms with Crippen molar-refractivity contribution in [2.75, 3.05) is 0 Å². The zero-order chi connectivity index (χ0) is 20.4. The molecular weight excluding hydrogens is 397 g/mol. The normalized spacial score (nSPS) is 10.7. The number of amides is 2. The number of hydrogen-bond donors (Lipinski definition) is 2. The lowest BCUT2D eigenvalue weighted by Crippen LogP contribution is -2.42. The van der Waals surface area contributed by atoms with Crippen molar-refractivity contribution in [1.29, 1.82) is 0 Å². The third-order valence-corrected chi connectivity index (χ3v) is 4.53. The molecule has 2 heterocycles. The molecule has 0 fully saturated rings. The fourth-order valence-corrected chi connectivity index (χ4v) is 3.12. The second-order valence-electron chi connectivity index (χ2n) is 6.05. The van der Waals surface area contributed by atoms with E-state index >= 15 is 0 Å². The largest absolute Gasteiger partial charge is 0.463 e. The van der Waals surface area contributed by atoms with E-state index < -0.39 is 17.6 Å². The van der Waals surface area contributed by atoms with E-state index in [9.17, 15) is 14.0 Å². The number of furan rings is 1. The molecule has 2 aromatic heterocycles. The first-order chi connectivity index (χ1) is 14.0. The zero-order valence-electron chi connectivity index (χ0n) is 14.8. The minimum atomic E-state index is -0.869. The predicted octanol–water partition coefficient (Wildman–Crippen LogP) is 4.36. The highest BCUT2D eigenvalue weighted by atomic mass is 35.5. The van der Waals surface area contributed by atoms with Crippen LogP contribution in [0.1, 0.15) is 20.7 Å². The topological polar surface area (TPSA) is 84.2 Å². The fourth-order valence-electron chi connectivity index (χ4n) is 2.87.